The Morgan fingerprint density at radius 2 is 1.62 bits per heavy atom. The SMILES string of the molecule is CN(C)[C@H](C(=O)Nc1cc(Cl)cc(Cl)c1)c1ccccc1. The van der Waals surface area contributed by atoms with Crippen LogP contribution in [0.25, 0.3) is 0 Å². The van der Waals surface area contributed by atoms with Crippen molar-refractivity contribution in [3.8, 4) is 0 Å². The Morgan fingerprint density at radius 1 is 1.05 bits per heavy atom. The van der Waals surface area contributed by atoms with Gasteiger partial charge < -0.3 is 5.32 Å². The van der Waals surface area contributed by atoms with Crippen LogP contribution in [0, 0.1) is 0 Å². The molecule has 0 radical (unpaired) electrons. The van der Waals surface area contributed by atoms with Gasteiger partial charge in [-0.3, -0.25) is 9.69 Å². The summed E-state index contributed by atoms with van der Waals surface area (Å²) in [6, 6.07) is 14.2. The second kappa shape index (κ2) is 6.94. The molecular weight excluding hydrogens is 307 g/mol. The summed E-state index contributed by atoms with van der Waals surface area (Å²) in [5.41, 5.74) is 1.51. The zero-order valence-electron chi connectivity index (χ0n) is 11.8. The molecule has 1 N–H and O–H groups in total. The minimum Gasteiger partial charge on any atom is -0.324 e. The van der Waals surface area contributed by atoms with E-state index >= 15 is 0 Å². The van der Waals surface area contributed by atoms with Gasteiger partial charge in [0.25, 0.3) is 0 Å². The van der Waals surface area contributed by atoms with E-state index < -0.39 is 0 Å². The van der Waals surface area contributed by atoms with E-state index in [-0.39, 0.29) is 11.9 Å². The molecule has 3 nitrogen and oxygen atoms in total. The van der Waals surface area contributed by atoms with Crippen LogP contribution in [0.4, 0.5) is 5.69 Å². The maximum Gasteiger partial charge on any atom is 0.246 e. The van der Waals surface area contributed by atoms with Gasteiger partial charge in [-0.1, -0.05) is 53.5 Å². The van der Waals surface area contributed by atoms with Crippen LogP contribution < -0.4 is 5.32 Å². The molecular formula is C16H16Cl2N2O. The predicted molar refractivity (Wildman–Crippen MR) is 88.0 cm³/mol. The first-order chi connectivity index (χ1) is 9.97. The number of rotatable bonds is 4. The number of carbonyl (C=O) groups excluding carboxylic acids is 1. The van der Waals surface area contributed by atoms with E-state index in [0.29, 0.717) is 15.7 Å². The highest BCUT2D eigenvalue weighted by molar-refractivity contribution is 6.35. The van der Waals surface area contributed by atoms with Gasteiger partial charge in [0.05, 0.1) is 0 Å². The minimum absolute atomic E-state index is 0.135. The fourth-order valence-corrected chi connectivity index (χ4v) is 2.68. The van der Waals surface area contributed by atoms with E-state index in [2.05, 4.69) is 5.32 Å². The molecule has 0 unspecified atom stereocenters. The number of nitrogens with zero attached hydrogens (tertiary/aromatic N) is 1. The van der Waals surface area contributed by atoms with E-state index in [1.807, 2.05) is 49.3 Å². The van der Waals surface area contributed by atoms with E-state index in [4.69, 9.17) is 23.2 Å². The lowest BCUT2D eigenvalue weighted by molar-refractivity contribution is -0.120. The number of hydrogen-bond acceptors (Lipinski definition) is 2. The van der Waals surface area contributed by atoms with Crippen LogP contribution in [-0.2, 0) is 4.79 Å². The van der Waals surface area contributed by atoms with Gasteiger partial charge in [-0.15, -0.1) is 0 Å². The van der Waals surface area contributed by atoms with E-state index in [1.165, 1.54) is 0 Å². The van der Waals surface area contributed by atoms with Crippen molar-refractivity contribution in [2.24, 2.45) is 0 Å². The molecule has 2 aromatic rings. The van der Waals surface area contributed by atoms with E-state index in [9.17, 15) is 4.79 Å². The topological polar surface area (TPSA) is 32.3 Å². The number of halogens is 2. The van der Waals surface area contributed by atoms with Crippen molar-refractivity contribution in [1.29, 1.82) is 0 Å². The number of likely N-dealkylation sites (N-methyl/N-ethyl adjacent to an activating group) is 1. The molecule has 0 saturated carbocycles. The molecule has 0 spiro atoms. The van der Waals surface area contributed by atoms with Crippen LogP contribution in [0.15, 0.2) is 48.5 Å². The van der Waals surface area contributed by atoms with Gasteiger partial charge in [-0.2, -0.15) is 0 Å². The lowest BCUT2D eigenvalue weighted by Gasteiger charge is -2.24. The standard InChI is InChI=1S/C16H16Cl2N2O/c1-20(2)15(11-6-4-3-5-7-11)16(21)19-14-9-12(17)8-13(18)10-14/h3-10,15H,1-2H3,(H,19,21)/t15-/m0/s1. The van der Waals surface area contributed by atoms with Gasteiger partial charge >= 0.3 is 0 Å². The largest absolute Gasteiger partial charge is 0.324 e. The third kappa shape index (κ3) is 4.21. The lowest BCUT2D eigenvalue weighted by Crippen LogP contribution is -2.32. The van der Waals surface area contributed by atoms with Gasteiger partial charge in [0.1, 0.15) is 6.04 Å². The van der Waals surface area contributed by atoms with E-state index in [0.717, 1.165) is 5.56 Å². The Hall–Kier alpha value is -1.55. The van der Waals surface area contributed by atoms with Crippen LogP contribution in [0.5, 0.6) is 0 Å². The first kappa shape index (κ1) is 15.8. The number of hydrogen-bond donors (Lipinski definition) is 1. The van der Waals surface area contributed by atoms with Crippen molar-refractivity contribution in [2.45, 2.75) is 6.04 Å². The minimum atomic E-state index is -0.385. The predicted octanol–water partition coefficient (Wildman–Crippen LogP) is 4.23. The third-order valence-corrected chi connectivity index (χ3v) is 3.45. The molecule has 0 heterocycles. The molecule has 0 aliphatic heterocycles. The molecule has 2 rings (SSSR count). The fraction of sp³-hybridized carbons (Fsp3) is 0.188. The number of carbonyl (C=O) groups is 1. The van der Waals surface area contributed by atoms with Crippen molar-refractivity contribution in [2.75, 3.05) is 19.4 Å². The fourth-order valence-electron chi connectivity index (χ4n) is 2.16. The first-order valence-corrected chi connectivity index (χ1v) is 7.21. The summed E-state index contributed by atoms with van der Waals surface area (Å²) in [6.07, 6.45) is 0. The molecule has 0 bridgehead atoms. The second-order valence-corrected chi connectivity index (χ2v) is 5.80. The maximum atomic E-state index is 12.5. The summed E-state index contributed by atoms with van der Waals surface area (Å²) in [6.45, 7) is 0. The van der Waals surface area contributed by atoms with Gasteiger partial charge in [0.15, 0.2) is 0 Å². The molecule has 0 aliphatic carbocycles. The summed E-state index contributed by atoms with van der Waals surface area (Å²) in [7, 11) is 3.73. The van der Waals surface area contributed by atoms with Crippen LogP contribution in [-0.4, -0.2) is 24.9 Å². The summed E-state index contributed by atoms with van der Waals surface area (Å²) >= 11 is 11.9. The van der Waals surface area contributed by atoms with Crippen molar-refractivity contribution in [1.82, 2.24) is 4.90 Å². The normalized spacial score (nSPS) is 12.2. The quantitative estimate of drug-likeness (QED) is 0.913. The summed E-state index contributed by atoms with van der Waals surface area (Å²) in [5.74, 6) is -0.135. The molecule has 0 aromatic heterocycles. The van der Waals surface area contributed by atoms with Gasteiger partial charge in [0.2, 0.25) is 5.91 Å². The summed E-state index contributed by atoms with van der Waals surface area (Å²) in [4.78, 5) is 14.4. The third-order valence-electron chi connectivity index (χ3n) is 3.01. The molecule has 0 aliphatic rings. The first-order valence-electron chi connectivity index (χ1n) is 6.45. The number of nitrogens with one attached hydrogen (secondary N) is 1. The zero-order valence-corrected chi connectivity index (χ0v) is 13.3. The molecule has 2 aromatic carbocycles. The monoisotopic (exact) mass is 322 g/mol. The Morgan fingerprint density at radius 3 is 2.14 bits per heavy atom. The highest BCUT2D eigenvalue weighted by atomic mass is 35.5. The lowest BCUT2D eigenvalue weighted by atomic mass is 10.1. The second-order valence-electron chi connectivity index (χ2n) is 4.92. The van der Waals surface area contributed by atoms with Crippen LogP contribution in [0.3, 0.4) is 0 Å². The average Bonchev–Trinajstić information content (AvgIpc) is 2.38. The molecule has 110 valence electrons. The van der Waals surface area contributed by atoms with Gasteiger partial charge in [0, 0.05) is 15.7 Å². The van der Waals surface area contributed by atoms with Gasteiger partial charge in [-0.05, 0) is 37.9 Å². The Labute approximate surface area is 134 Å². The van der Waals surface area contributed by atoms with Crippen molar-refractivity contribution in [3.63, 3.8) is 0 Å². The van der Waals surface area contributed by atoms with Crippen LogP contribution in [0.1, 0.15) is 11.6 Å². The highest BCUT2D eigenvalue weighted by Crippen LogP contribution is 2.25. The average molecular weight is 323 g/mol. The van der Waals surface area contributed by atoms with Crippen LogP contribution in [0.2, 0.25) is 10.0 Å². The number of anilines is 1. The highest BCUT2D eigenvalue weighted by Gasteiger charge is 2.22. The van der Waals surface area contributed by atoms with Gasteiger partial charge in [-0.25, -0.2) is 0 Å². The molecule has 0 saturated heterocycles. The summed E-state index contributed by atoms with van der Waals surface area (Å²) in [5, 5.41) is 3.82. The molecule has 0 fully saturated rings. The van der Waals surface area contributed by atoms with E-state index in [1.54, 1.807) is 18.2 Å². The Balaban J connectivity index is 2.24. The smallest absolute Gasteiger partial charge is 0.246 e. The summed E-state index contributed by atoms with van der Waals surface area (Å²) < 4.78 is 0. The van der Waals surface area contributed by atoms with Crippen molar-refractivity contribution >= 4 is 34.8 Å². The molecule has 1 atom stereocenters. The maximum absolute atomic E-state index is 12.5. The Kier molecular flexibility index (Phi) is 5.23. The number of amides is 1. The molecule has 5 heteroatoms. The Bertz CT molecular complexity index is 609. The zero-order chi connectivity index (χ0) is 15.4. The van der Waals surface area contributed by atoms with Crippen molar-refractivity contribution in [3.05, 3.63) is 64.1 Å². The van der Waals surface area contributed by atoms with Crippen LogP contribution >= 0.6 is 23.2 Å². The number of benzene rings is 2. The van der Waals surface area contributed by atoms with Crippen molar-refractivity contribution < 1.29 is 4.79 Å². The molecule has 1 amide bonds. The molecule has 21 heavy (non-hydrogen) atoms.